The van der Waals surface area contributed by atoms with Crippen LogP contribution in [0.1, 0.15) is 0 Å². The van der Waals surface area contributed by atoms with Gasteiger partial charge in [0.15, 0.2) is 17.5 Å². The van der Waals surface area contributed by atoms with Gasteiger partial charge in [0, 0.05) is 31.9 Å². The van der Waals surface area contributed by atoms with Crippen LogP contribution in [0.3, 0.4) is 0 Å². The number of hydrogen-bond acceptors (Lipinski definition) is 5. The van der Waals surface area contributed by atoms with Gasteiger partial charge in [-0.15, -0.1) is 0 Å². The van der Waals surface area contributed by atoms with Crippen LogP contribution in [0.15, 0.2) is 30.3 Å². The molecule has 0 aliphatic rings. The molecule has 0 fully saturated rings. The minimum Gasteiger partial charge on any atom is -0.436 e. The highest BCUT2D eigenvalue weighted by Crippen LogP contribution is 2.27. The van der Waals surface area contributed by atoms with Crippen molar-refractivity contribution in [2.75, 3.05) is 24.4 Å². The zero-order chi connectivity index (χ0) is 14.7. The van der Waals surface area contributed by atoms with Crippen molar-refractivity contribution in [1.29, 1.82) is 0 Å². The number of nitrogens with one attached hydrogen (secondary N) is 1. The number of hydrazine groups is 1. The maximum Gasteiger partial charge on any atom is 0.258 e. The largest absolute Gasteiger partial charge is 0.436 e. The van der Waals surface area contributed by atoms with E-state index in [-0.39, 0.29) is 11.7 Å². The Labute approximate surface area is 115 Å². The van der Waals surface area contributed by atoms with Gasteiger partial charge in [-0.3, -0.25) is 0 Å². The van der Waals surface area contributed by atoms with E-state index in [0.717, 1.165) is 5.69 Å². The Morgan fingerprint density at radius 2 is 1.95 bits per heavy atom. The number of nitrogens with zero attached hydrogens (tertiary/aromatic N) is 2. The van der Waals surface area contributed by atoms with E-state index in [0.29, 0.717) is 11.8 Å². The fourth-order valence-corrected chi connectivity index (χ4v) is 1.56. The maximum absolute atomic E-state index is 13.6. The van der Waals surface area contributed by atoms with Crippen molar-refractivity contribution in [3.8, 4) is 11.6 Å². The van der Waals surface area contributed by atoms with Gasteiger partial charge in [-0.25, -0.2) is 14.6 Å². The lowest BCUT2D eigenvalue weighted by Crippen LogP contribution is -2.11. The predicted molar refractivity (Wildman–Crippen MR) is 72.8 cm³/mol. The van der Waals surface area contributed by atoms with Crippen LogP contribution in [-0.4, -0.2) is 19.1 Å². The second-order valence-electron chi connectivity index (χ2n) is 4.24. The number of aromatic nitrogens is 1. The van der Waals surface area contributed by atoms with Gasteiger partial charge in [0.2, 0.25) is 0 Å². The summed E-state index contributed by atoms with van der Waals surface area (Å²) in [5, 5.41) is 0. The van der Waals surface area contributed by atoms with Crippen LogP contribution < -0.4 is 20.9 Å². The second kappa shape index (κ2) is 5.70. The van der Waals surface area contributed by atoms with Crippen molar-refractivity contribution in [3.05, 3.63) is 42.0 Å². The fourth-order valence-electron chi connectivity index (χ4n) is 1.56. The molecule has 0 unspecified atom stereocenters. The summed E-state index contributed by atoms with van der Waals surface area (Å²) in [4.78, 5) is 5.51. The summed E-state index contributed by atoms with van der Waals surface area (Å²) in [5.41, 5.74) is 2.91. The molecule has 0 spiro atoms. The van der Waals surface area contributed by atoms with Crippen LogP contribution in [0.5, 0.6) is 11.6 Å². The third kappa shape index (κ3) is 2.94. The molecule has 0 aliphatic heterocycles. The molecule has 0 saturated carbocycles. The molecule has 0 saturated heterocycles. The highest BCUT2D eigenvalue weighted by Gasteiger charge is 2.13. The summed E-state index contributed by atoms with van der Waals surface area (Å²) in [6.07, 6.45) is 0. The van der Waals surface area contributed by atoms with E-state index in [1.54, 1.807) is 18.2 Å². The lowest BCUT2D eigenvalue weighted by molar-refractivity contribution is 0.418. The summed E-state index contributed by atoms with van der Waals surface area (Å²) in [7, 11) is 3.73. The molecule has 7 heteroatoms. The normalized spacial score (nSPS) is 10.2. The van der Waals surface area contributed by atoms with Gasteiger partial charge in [0.25, 0.3) is 5.88 Å². The lowest BCUT2D eigenvalue weighted by Gasteiger charge is -2.14. The number of halogens is 2. The van der Waals surface area contributed by atoms with E-state index in [1.165, 1.54) is 0 Å². The molecule has 1 aromatic heterocycles. The van der Waals surface area contributed by atoms with Crippen molar-refractivity contribution >= 4 is 11.5 Å². The number of pyridine rings is 1. The van der Waals surface area contributed by atoms with E-state index in [2.05, 4.69) is 4.98 Å². The van der Waals surface area contributed by atoms with E-state index in [1.807, 2.05) is 30.5 Å². The summed E-state index contributed by atoms with van der Waals surface area (Å²) in [6, 6.07) is 7.64. The maximum atomic E-state index is 13.6. The Morgan fingerprint density at radius 3 is 2.60 bits per heavy atom. The molecule has 5 nitrogen and oxygen atoms in total. The van der Waals surface area contributed by atoms with Gasteiger partial charge in [0.1, 0.15) is 5.75 Å². The molecule has 1 heterocycles. The average molecular weight is 280 g/mol. The van der Waals surface area contributed by atoms with Crippen LogP contribution in [0.25, 0.3) is 0 Å². The Kier molecular flexibility index (Phi) is 3.99. The SMILES string of the molecule is CN(C)c1cccc(Oc2nc(NN)c(F)cc2F)c1. The first-order chi connectivity index (χ1) is 9.51. The molecule has 0 radical (unpaired) electrons. The quantitative estimate of drug-likeness (QED) is 0.665. The van der Waals surface area contributed by atoms with Gasteiger partial charge >= 0.3 is 0 Å². The second-order valence-corrected chi connectivity index (χ2v) is 4.24. The molecule has 2 rings (SSSR count). The number of benzene rings is 1. The third-order valence-electron chi connectivity index (χ3n) is 2.58. The number of nitrogen functional groups attached to an aromatic ring is 1. The monoisotopic (exact) mass is 280 g/mol. The highest BCUT2D eigenvalue weighted by atomic mass is 19.1. The van der Waals surface area contributed by atoms with Crippen molar-refractivity contribution < 1.29 is 13.5 Å². The Balaban J connectivity index is 2.32. The highest BCUT2D eigenvalue weighted by molar-refractivity contribution is 5.50. The van der Waals surface area contributed by atoms with Gasteiger partial charge in [-0.2, -0.15) is 4.98 Å². The number of anilines is 2. The van der Waals surface area contributed by atoms with E-state index < -0.39 is 11.6 Å². The first kappa shape index (κ1) is 14.0. The minimum absolute atomic E-state index is 0.287. The lowest BCUT2D eigenvalue weighted by atomic mass is 10.3. The van der Waals surface area contributed by atoms with Crippen LogP contribution >= 0.6 is 0 Å². The van der Waals surface area contributed by atoms with Gasteiger partial charge in [-0.05, 0) is 12.1 Å². The first-order valence-electron chi connectivity index (χ1n) is 5.79. The average Bonchev–Trinajstić information content (AvgIpc) is 2.42. The Hall–Kier alpha value is -2.41. The van der Waals surface area contributed by atoms with Crippen LogP contribution in [0, 0.1) is 11.6 Å². The first-order valence-corrected chi connectivity index (χ1v) is 5.79. The zero-order valence-corrected chi connectivity index (χ0v) is 11.0. The molecule has 0 atom stereocenters. The zero-order valence-electron chi connectivity index (χ0n) is 11.0. The van der Waals surface area contributed by atoms with Crippen molar-refractivity contribution in [1.82, 2.24) is 4.98 Å². The predicted octanol–water partition coefficient (Wildman–Crippen LogP) is 2.50. The van der Waals surface area contributed by atoms with E-state index >= 15 is 0 Å². The summed E-state index contributed by atoms with van der Waals surface area (Å²) in [6.45, 7) is 0. The smallest absolute Gasteiger partial charge is 0.258 e. The minimum atomic E-state index is -0.906. The molecular weight excluding hydrogens is 266 g/mol. The molecule has 106 valence electrons. The van der Waals surface area contributed by atoms with E-state index in [4.69, 9.17) is 10.6 Å². The Bertz CT molecular complexity index is 619. The molecule has 0 bridgehead atoms. The molecule has 3 N–H and O–H groups in total. The van der Waals surface area contributed by atoms with Crippen LogP contribution in [0.4, 0.5) is 20.3 Å². The number of nitrogens with two attached hydrogens (primary N) is 1. The van der Waals surface area contributed by atoms with E-state index in [9.17, 15) is 8.78 Å². The molecule has 0 aliphatic carbocycles. The number of ether oxygens (including phenoxy) is 1. The molecule has 1 aromatic carbocycles. The summed E-state index contributed by atoms with van der Waals surface area (Å²) < 4.78 is 32.2. The topological polar surface area (TPSA) is 63.4 Å². The molecule has 2 aromatic rings. The van der Waals surface area contributed by atoms with Gasteiger partial charge in [0.05, 0.1) is 0 Å². The molecular formula is C13H14F2N4O. The molecule has 0 amide bonds. The fraction of sp³-hybridized carbons (Fsp3) is 0.154. The van der Waals surface area contributed by atoms with Gasteiger partial charge in [-0.1, -0.05) is 6.07 Å². The third-order valence-corrected chi connectivity index (χ3v) is 2.58. The summed E-state index contributed by atoms with van der Waals surface area (Å²) >= 11 is 0. The van der Waals surface area contributed by atoms with Crippen molar-refractivity contribution in [2.24, 2.45) is 5.84 Å². The number of hydrogen-bond donors (Lipinski definition) is 2. The number of rotatable bonds is 4. The molecule has 20 heavy (non-hydrogen) atoms. The van der Waals surface area contributed by atoms with Crippen molar-refractivity contribution in [3.63, 3.8) is 0 Å². The van der Waals surface area contributed by atoms with Crippen LogP contribution in [0.2, 0.25) is 0 Å². The van der Waals surface area contributed by atoms with Crippen LogP contribution in [-0.2, 0) is 0 Å². The summed E-state index contributed by atoms with van der Waals surface area (Å²) in [5.74, 6) is 3.04. The van der Waals surface area contributed by atoms with Crippen molar-refractivity contribution in [2.45, 2.75) is 0 Å². The Morgan fingerprint density at radius 1 is 1.20 bits per heavy atom. The van der Waals surface area contributed by atoms with Gasteiger partial charge < -0.3 is 15.1 Å². The standard InChI is InChI=1S/C13H14F2N4O/c1-19(2)8-4-3-5-9(6-8)20-13-11(15)7-10(14)12(17-13)18-16/h3-7H,16H2,1-2H3,(H,17,18).